The Bertz CT molecular complexity index is 1520. The van der Waals surface area contributed by atoms with Crippen molar-refractivity contribution in [1.29, 1.82) is 0 Å². The zero-order valence-electron chi connectivity index (χ0n) is 23.8. The molecule has 11 nitrogen and oxygen atoms in total. The highest BCUT2D eigenvalue weighted by Crippen LogP contribution is 2.30. The molecule has 3 aromatic rings. The van der Waals surface area contributed by atoms with Gasteiger partial charge in [-0.1, -0.05) is 13.0 Å². The number of hydrogen-bond acceptors (Lipinski definition) is 9. The van der Waals surface area contributed by atoms with E-state index in [0.29, 0.717) is 36.6 Å². The van der Waals surface area contributed by atoms with E-state index in [2.05, 4.69) is 14.9 Å². The predicted molar refractivity (Wildman–Crippen MR) is 152 cm³/mol. The third-order valence-corrected chi connectivity index (χ3v) is 8.75. The fourth-order valence-corrected chi connectivity index (χ4v) is 6.09. The molecule has 0 aliphatic carbocycles. The molecule has 0 saturated carbocycles. The van der Waals surface area contributed by atoms with E-state index < -0.39 is 45.2 Å². The number of benzene rings is 1. The molecule has 2 aliphatic heterocycles. The fraction of sp³-hybridized carbons (Fsp3) is 0.414. The van der Waals surface area contributed by atoms with Gasteiger partial charge >= 0.3 is 10.2 Å². The van der Waals surface area contributed by atoms with E-state index in [1.165, 1.54) is 6.20 Å². The summed E-state index contributed by atoms with van der Waals surface area (Å²) in [5.74, 6) is -3.85. The van der Waals surface area contributed by atoms with E-state index in [1.54, 1.807) is 43.5 Å². The van der Waals surface area contributed by atoms with Gasteiger partial charge in [-0.15, -0.1) is 0 Å². The monoisotopic (exact) mass is 617 g/mol. The lowest BCUT2D eigenvalue weighted by Gasteiger charge is -2.40. The maximum Gasteiger partial charge on any atom is 0.304 e. The average molecular weight is 618 g/mol. The van der Waals surface area contributed by atoms with Gasteiger partial charge in [0.15, 0.2) is 11.6 Å². The van der Waals surface area contributed by atoms with Crippen molar-refractivity contribution in [3.63, 3.8) is 0 Å². The van der Waals surface area contributed by atoms with Crippen molar-refractivity contribution in [2.75, 3.05) is 33.2 Å². The van der Waals surface area contributed by atoms with Gasteiger partial charge in [-0.3, -0.25) is 9.78 Å². The number of rotatable bonds is 11. The Morgan fingerprint density at radius 2 is 1.81 bits per heavy atom. The second kappa shape index (κ2) is 13.3. The van der Waals surface area contributed by atoms with Gasteiger partial charge < -0.3 is 19.1 Å². The van der Waals surface area contributed by atoms with Gasteiger partial charge in [0.1, 0.15) is 11.9 Å². The van der Waals surface area contributed by atoms with E-state index in [0.717, 1.165) is 29.5 Å². The van der Waals surface area contributed by atoms with Gasteiger partial charge in [0.05, 0.1) is 29.7 Å². The molecule has 1 aromatic carbocycles. The van der Waals surface area contributed by atoms with Crippen molar-refractivity contribution in [3.8, 4) is 17.4 Å². The third kappa shape index (κ3) is 7.44. The van der Waals surface area contributed by atoms with Crippen LogP contribution in [0.5, 0.6) is 17.4 Å². The Hall–Kier alpha value is -3.72. The highest BCUT2D eigenvalue weighted by Gasteiger charge is 2.34. The molecule has 14 heteroatoms. The Kier molecular flexibility index (Phi) is 9.49. The number of ether oxygens (including phenoxy) is 3. The standard InChI is InChI=1S/C29H33F2N5O6S/c1-3-24(23-9-7-20(16-33-23)41-26-6-4-5-13-32-26)42-25-10-8-22(27(30)28(25)31)29(37)34-43(38,39)36-14-11-19(12-15-36)40-21-17-35(2)18-21/h4-10,13,16,19,21,24H,3,11-12,14-15,17-18H2,1-2H3,(H,34,37)/t24-/m1/s1. The van der Waals surface area contributed by atoms with Gasteiger partial charge in [0, 0.05) is 38.4 Å². The van der Waals surface area contributed by atoms with Crippen LogP contribution in [0.1, 0.15) is 48.3 Å². The normalized spacial score (nSPS) is 17.7. The fourth-order valence-electron chi connectivity index (χ4n) is 4.92. The Balaban J connectivity index is 1.19. The van der Waals surface area contributed by atoms with Crippen molar-refractivity contribution in [1.82, 2.24) is 23.9 Å². The summed E-state index contributed by atoms with van der Waals surface area (Å²) in [5, 5.41) is 0. The first-order chi connectivity index (χ1) is 20.6. The molecule has 2 saturated heterocycles. The van der Waals surface area contributed by atoms with Crippen LogP contribution in [0.25, 0.3) is 0 Å². The summed E-state index contributed by atoms with van der Waals surface area (Å²) in [7, 11) is -2.28. The number of carbonyl (C=O) groups excluding carboxylic acids is 1. The molecule has 0 unspecified atom stereocenters. The number of likely N-dealkylation sites (tertiary alicyclic amines) is 1. The Morgan fingerprint density at radius 3 is 2.44 bits per heavy atom. The van der Waals surface area contributed by atoms with Crippen LogP contribution < -0.4 is 14.2 Å². The minimum atomic E-state index is -4.28. The van der Waals surface area contributed by atoms with E-state index in [9.17, 15) is 13.2 Å². The molecule has 0 bridgehead atoms. The van der Waals surface area contributed by atoms with Crippen LogP contribution in [0.3, 0.4) is 0 Å². The second-order valence-electron chi connectivity index (χ2n) is 10.5. The lowest BCUT2D eigenvalue weighted by molar-refractivity contribution is -0.0957. The number of likely N-dealkylation sites (N-methyl/N-ethyl adjacent to an activating group) is 1. The maximum atomic E-state index is 15.0. The minimum absolute atomic E-state index is 0.0695. The molecule has 5 rings (SSSR count). The van der Waals surface area contributed by atoms with Crippen LogP contribution in [-0.4, -0.2) is 78.9 Å². The largest absolute Gasteiger partial charge is 0.481 e. The Morgan fingerprint density at radius 1 is 1.05 bits per heavy atom. The van der Waals surface area contributed by atoms with Gasteiger partial charge in [0.25, 0.3) is 5.91 Å². The zero-order valence-corrected chi connectivity index (χ0v) is 24.6. The molecule has 1 N–H and O–H groups in total. The Labute approximate surface area is 249 Å². The first kappa shape index (κ1) is 30.7. The zero-order chi connectivity index (χ0) is 30.6. The summed E-state index contributed by atoms with van der Waals surface area (Å²) in [6.45, 7) is 3.75. The molecule has 2 fully saturated rings. The number of nitrogens with zero attached hydrogens (tertiary/aromatic N) is 4. The maximum absolute atomic E-state index is 15.0. The van der Waals surface area contributed by atoms with Crippen LogP contribution >= 0.6 is 0 Å². The lowest BCUT2D eigenvalue weighted by atomic mass is 10.1. The molecule has 2 aliphatic rings. The minimum Gasteiger partial charge on any atom is -0.481 e. The molecule has 0 radical (unpaired) electrons. The van der Waals surface area contributed by atoms with Gasteiger partial charge in [-0.05, 0) is 56.6 Å². The smallest absolute Gasteiger partial charge is 0.304 e. The van der Waals surface area contributed by atoms with Crippen LogP contribution in [0, 0.1) is 11.6 Å². The molecule has 4 heterocycles. The number of pyridine rings is 2. The van der Waals surface area contributed by atoms with Crippen LogP contribution in [0.4, 0.5) is 8.78 Å². The highest BCUT2D eigenvalue weighted by molar-refractivity contribution is 7.87. The predicted octanol–water partition coefficient (Wildman–Crippen LogP) is 3.85. The molecule has 230 valence electrons. The first-order valence-electron chi connectivity index (χ1n) is 14.0. The molecular formula is C29H33F2N5O6S. The number of nitrogens with one attached hydrogen (secondary N) is 1. The first-order valence-corrected chi connectivity index (χ1v) is 15.4. The van der Waals surface area contributed by atoms with E-state index in [1.807, 2.05) is 11.8 Å². The summed E-state index contributed by atoms with van der Waals surface area (Å²) in [6, 6.07) is 10.6. The number of carbonyl (C=O) groups is 1. The summed E-state index contributed by atoms with van der Waals surface area (Å²) >= 11 is 0. The van der Waals surface area contributed by atoms with Crippen LogP contribution in [0.2, 0.25) is 0 Å². The van der Waals surface area contributed by atoms with Crippen molar-refractivity contribution < 1.29 is 36.2 Å². The van der Waals surface area contributed by atoms with Crippen molar-refractivity contribution in [3.05, 3.63) is 77.8 Å². The van der Waals surface area contributed by atoms with Crippen molar-refractivity contribution >= 4 is 16.1 Å². The summed E-state index contributed by atoms with van der Waals surface area (Å²) in [4.78, 5) is 23.2. The molecule has 1 atom stereocenters. The van der Waals surface area contributed by atoms with Gasteiger partial charge in [0.2, 0.25) is 11.7 Å². The van der Waals surface area contributed by atoms with Gasteiger partial charge in [-0.25, -0.2) is 14.1 Å². The third-order valence-electron chi connectivity index (χ3n) is 7.26. The van der Waals surface area contributed by atoms with Crippen LogP contribution in [0.15, 0.2) is 54.9 Å². The number of amides is 1. The molecule has 0 spiro atoms. The number of hydrogen-bond donors (Lipinski definition) is 1. The summed E-state index contributed by atoms with van der Waals surface area (Å²) < 4.78 is 75.9. The molecule has 43 heavy (non-hydrogen) atoms. The molecule has 2 aromatic heterocycles. The van der Waals surface area contributed by atoms with Crippen molar-refractivity contribution in [2.24, 2.45) is 0 Å². The quantitative estimate of drug-likeness (QED) is 0.342. The van der Waals surface area contributed by atoms with Crippen molar-refractivity contribution in [2.45, 2.75) is 44.5 Å². The number of aromatic nitrogens is 2. The topological polar surface area (TPSA) is 123 Å². The average Bonchev–Trinajstić information content (AvgIpc) is 2.98. The highest BCUT2D eigenvalue weighted by atomic mass is 32.2. The molecular weight excluding hydrogens is 584 g/mol. The van der Waals surface area contributed by atoms with E-state index in [4.69, 9.17) is 14.2 Å². The second-order valence-corrected chi connectivity index (χ2v) is 12.1. The summed E-state index contributed by atoms with van der Waals surface area (Å²) in [6.07, 6.45) is 3.70. The SMILES string of the molecule is CC[C@@H](Oc1ccc(C(=O)NS(=O)(=O)N2CCC(OC3CN(C)C3)CC2)c(F)c1F)c1ccc(Oc2ccccn2)cn1. The van der Waals surface area contributed by atoms with E-state index in [-0.39, 0.29) is 25.3 Å². The molecule has 1 amide bonds. The summed E-state index contributed by atoms with van der Waals surface area (Å²) in [5.41, 5.74) is -0.319. The van der Waals surface area contributed by atoms with E-state index >= 15 is 8.78 Å². The van der Waals surface area contributed by atoms with Gasteiger partial charge in [-0.2, -0.15) is 17.1 Å². The number of halogens is 2. The lowest BCUT2D eigenvalue weighted by Crippen LogP contribution is -2.53. The number of piperidine rings is 1. The van der Waals surface area contributed by atoms with Crippen LogP contribution in [-0.2, 0) is 14.9 Å².